The van der Waals surface area contributed by atoms with E-state index in [4.69, 9.17) is 10.8 Å². The Hall–Kier alpha value is -1.51. The molecule has 1 aromatic carbocycles. The van der Waals surface area contributed by atoms with Gasteiger partial charge in [0.2, 0.25) is 0 Å². The average molecular weight is 277 g/mol. The van der Waals surface area contributed by atoms with Gasteiger partial charge < -0.3 is 10.8 Å². The Morgan fingerprint density at radius 3 is 2.18 bits per heavy atom. The molecule has 0 saturated carbocycles. The van der Waals surface area contributed by atoms with Crippen LogP contribution >= 0.6 is 10.2 Å². The fraction of sp³-hybridized carbons (Fsp3) is 0.125. The van der Waals surface area contributed by atoms with Gasteiger partial charge in [-0.15, -0.1) is 0 Å². The standard InChI is InChI=1S/C8H8F5NO2S/c9-17(10,11,12,13)6-1-2-7(14)5(3-6)4-8(15)16/h1-3H,4,14H2,(H,15,16). The van der Waals surface area contributed by atoms with Gasteiger partial charge in [0.15, 0.2) is 0 Å². The molecule has 1 rings (SSSR count). The lowest BCUT2D eigenvalue weighted by Crippen LogP contribution is -2.09. The summed E-state index contributed by atoms with van der Waals surface area (Å²) in [6.07, 6.45) is -0.854. The van der Waals surface area contributed by atoms with E-state index in [2.05, 4.69) is 0 Å². The van der Waals surface area contributed by atoms with Crippen LogP contribution in [0.1, 0.15) is 5.56 Å². The van der Waals surface area contributed by atoms with E-state index >= 15 is 0 Å². The lowest BCUT2D eigenvalue weighted by Gasteiger charge is -2.40. The maximum absolute atomic E-state index is 12.4. The monoisotopic (exact) mass is 277 g/mol. The summed E-state index contributed by atoms with van der Waals surface area (Å²) >= 11 is 0. The SMILES string of the molecule is Nc1ccc(S(F)(F)(F)(F)F)cc1CC(=O)O. The van der Waals surface area contributed by atoms with Crippen LogP contribution in [0.4, 0.5) is 25.1 Å². The first-order valence-electron chi connectivity index (χ1n) is 4.14. The maximum Gasteiger partial charge on any atom is 0.310 e. The smallest absolute Gasteiger partial charge is 0.310 e. The number of nitrogens with two attached hydrogens (primary N) is 1. The molecule has 3 N–H and O–H groups in total. The molecule has 3 nitrogen and oxygen atoms in total. The second-order valence-electron chi connectivity index (χ2n) is 3.40. The molecular formula is C8H8F5NO2S. The third kappa shape index (κ3) is 3.48. The van der Waals surface area contributed by atoms with Crippen molar-refractivity contribution in [2.24, 2.45) is 0 Å². The molecular weight excluding hydrogens is 269 g/mol. The number of halogens is 5. The van der Waals surface area contributed by atoms with Gasteiger partial charge in [-0.3, -0.25) is 4.79 Å². The minimum absolute atomic E-state index is 0.0744. The predicted molar refractivity (Wildman–Crippen MR) is 53.6 cm³/mol. The maximum atomic E-state index is 12.4. The molecule has 9 heteroatoms. The van der Waals surface area contributed by atoms with E-state index in [1.54, 1.807) is 0 Å². The topological polar surface area (TPSA) is 63.3 Å². The van der Waals surface area contributed by atoms with Gasteiger partial charge in [0.1, 0.15) is 4.90 Å². The summed E-state index contributed by atoms with van der Waals surface area (Å²) in [5.74, 6) is -1.46. The first-order valence-corrected chi connectivity index (χ1v) is 6.09. The highest BCUT2D eigenvalue weighted by Gasteiger charge is 2.65. The molecule has 0 fully saturated rings. The largest absolute Gasteiger partial charge is 0.481 e. The molecule has 0 aliphatic carbocycles. The van der Waals surface area contributed by atoms with Gasteiger partial charge >= 0.3 is 16.2 Å². The lowest BCUT2D eigenvalue weighted by molar-refractivity contribution is -0.136. The van der Waals surface area contributed by atoms with Crippen molar-refractivity contribution in [1.82, 2.24) is 0 Å². The highest BCUT2D eigenvalue weighted by molar-refractivity contribution is 8.45. The zero-order chi connectivity index (χ0) is 13.5. The molecule has 0 bridgehead atoms. The Labute approximate surface area is 92.8 Å². The Balaban J connectivity index is 3.38. The van der Waals surface area contributed by atoms with E-state index in [9.17, 15) is 24.2 Å². The molecule has 1 aromatic rings. The van der Waals surface area contributed by atoms with E-state index in [0.717, 1.165) is 0 Å². The summed E-state index contributed by atoms with van der Waals surface area (Å²) in [6, 6.07) is 0.832. The van der Waals surface area contributed by atoms with Crippen molar-refractivity contribution in [3.8, 4) is 0 Å². The Morgan fingerprint density at radius 1 is 1.24 bits per heavy atom. The Bertz CT molecular complexity index is 484. The Morgan fingerprint density at radius 2 is 1.76 bits per heavy atom. The van der Waals surface area contributed by atoms with E-state index in [0.29, 0.717) is 6.07 Å². The lowest BCUT2D eigenvalue weighted by atomic mass is 10.1. The second-order valence-corrected chi connectivity index (χ2v) is 5.81. The van der Waals surface area contributed by atoms with Gasteiger partial charge in [0, 0.05) is 5.69 Å². The first-order chi connectivity index (χ1) is 7.29. The van der Waals surface area contributed by atoms with Crippen LogP contribution in [-0.2, 0) is 11.2 Å². The molecule has 0 aromatic heterocycles. The number of benzene rings is 1. The third-order valence-corrected chi connectivity index (χ3v) is 3.05. The normalized spacial score (nSPS) is 16.1. The minimum atomic E-state index is -9.79. The summed E-state index contributed by atoms with van der Waals surface area (Å²) in [5, 5.41) is 8.40. The first kappa shape index (κ1) is 13.6. The molecule has 0 amide bonds. The average Bonchev–Trinajstić information content (AvgIpc) is 2.03. The van der Waals surface area contributed by atoms with Crippen LogP contribution in [0.3, 0.4) is 0 Å². The number of carboxylic acids is 1. The summed E-state index contributed by atoms with van der Waals surface area (Å²) in [5.41, 5.74) is 4.43. The number of rotatable bonds is 3. The summed E-state index contributed by atoms with van der Waals surface area (Å²) in [7, 11) is -9.79. The number of aliphatic carboxylic acids is 1. The highest BCUT2D eigenvalue weighted by atomic mass is 32.5. The number of anilines is 1. The molecule has 0 radical (unpaired) electrons. The fourth-order valence-corrected chi connectivity index (χ4v) is 1.83. The van der Waals surface area contributed by atoms with Gasteiger partial charge in [-0.25, -0.2) is 0 Å². The van der Waals surface area contributed by atoms with Crippen LogP contribution in [0.2, 0.25) is 0 Å². The number of hydrogen-bond donors (Lipinski definition) is 2. The molecule has 98 valence electrons. The van der Waals surface area contributed by atoms with Crippen LogP contribution in [0.25, 0.3) is 0 Å². The molecule has 0 unspecified atom stereocenters. The van der Waals surface area contributed by atoms with Crippen LogP contribution in [0, 0.1) is 0 Å². The molecule has 0 heterocycles. The fourth-order valence-electron chi connectivity index (χ4n) is 1.14. The van der Waals surface area contributed by atoms with Crippen molar-refractivity contribution in [3.63, 3.8) is 0 Å². The van der Waals surface area contributed by atoms with Gasteiger partial charge in [-0.1, -0.05) is 19.4 Å². The van der Waals surface area contributed by atoms with Gasteiger partial charge in [-0.2, -0.15) is 0 Å². The van der Waals surface area contributed by atoms with Crippen molar-refractivity contribution in [2.75, 3.05) is 5.73 Å². The second kappa shape index (κ2) is 3.03. The summed E-state index contributed by atoms with van der Waals surface area (Å²) in [4.78, 5) is 8.18. The van der Waals surface area contributed by atoms with Crippen molar-refractivity contribution >= 4 is 21.9 Å². The van der Waals surface area contributed by atoms with Crippen LogP contribution in [0.5, 0.6) is 0 Å². The zero-order valence-corrected chi connectivity index (χ0v) is 8.99. The quantitative estimate of drug-likeness (QED) is 0.656. The molecule has 0 aliphatic heterocycles. The number of nitrogen functional groups attached to an aromatic ring is 1. The van der Waals surface area contributed by atoms with E-state index in [-0.39, 0.29) is 17.8 Å². The van der Waals surface area contributed by atoms with Gasteiger partial charge in [-0.05, 0) is 23.8 Å². The van der Waals surface area contributed by atoms with Crippen molar-refractivity contribution in [2.45, 2.75) is 11.3 Å². The highest BCUT2D eigenvalue weighted by Crippen LogP contribution is 3.02. The zero-order valence-electron chi connectivity index (χ0n) is 8.17. The van der Waals surface area contributed by atoms with Gasteiger partial charge in [0.25, 0.3) is 0 Å². The van der Waals surface area contributed by atoms with Crippen LogP contribution in [0.15, 0.2) is 23.1 Å². The number of hydrogen-bond acceptors (Lipinski definition) is 2. The van der Waals surface area contributed by atoms with Crippen molar-refractivity contribution < 1.29 is 29.3 Å². The van der Waals surface area contributed by atoms with Crippen LogP contribution < -0.4 is 5.73 Å². The van der Waals surface area contributed by atoms with Crippen molar-refractivity contribution in [3.05, 3.63) is 23.8 Å². The molecule has 0 aliphatic rings. The number of carbonyl (C=O) groups is 1. The molecule has 17 heavy (non-hydrogen) atoms. The molecule has 0 atom stereocenters. The third-order valence-electron chi connectivity index (χ3n) is 1.90. The van der Waals surface area contributed by atoms with Crippen LogP contribution in [-0.4, -0.2) is 11.1 Å². The van der Waals surface area contributed by atoms with Crippen molar-refractivity contribution in [1.29, 1.82) is 0 Å². The van der Waals surface area contributed by atoms with E-state index in [1.807, 2.05) is 0 Å². The van der Waals surface area contributed by atoms with E-state index < -0.39 is 33.1 Å². The van der Waals surface area contributed by atoms with Gasteiger partial charge in [0.05, 0.1) is 6.42 Å². The number of carboxylic acid groups (broad SMARTS) is 1. The Kier molecular flexibility index (Phi) is 2.42. The molecule has 0 saturated heterocycles. The summed E-state index contributed by atoms with van der Waals surface area (Å²) < 4.78 is 62.0. The predicted octanol–water partition coefficient (Wildman–Crippen LogP) is 3.55. The summed E-state index contributed by atoms with van der Waals surface area (Å²) in [6.45, 7) is 0. The van der Waals surface area contributed by atoms with E-state index in [1.165, 1.54) is 0 Å². The minimum Gasteiger partial charge on any atom is -0.481 e. The molecule has 0 spiro atoms.